The number of para-hydroxylation sites is 1. The summed E-state index contributed by atoms with van der Waals surface area (Å²) in [7, 11) is 0. The van der Waals surface area contributed by atoms with Crippen LogP contribution in [0.2, 0.25) is 0 Å². The highest BCUT2D eigenvalue weighted by Crippen LogP contribution is 2.45. The number of fused-ring (bicyclic) bond motifs is 4. The van der Waals surface area contributed by atoms with E-state index >= 15 is 0 Å². The quantitative estimate of drug-likeness (QED) is 0.189. The summed E-state index contributed by atoms with van der Waals surface area (Å²) < 4.78 is 91.9. The first-order valence-electron chi connectivity index (χ1n) is 20.0. The molecule has 2 aliphatic rings. The summed E-state index contributed by atoms with van der Waals surface area (Å²) in [5, 5.41) is 3.39. The summed E-state index contributed by atoms with van der Waals surface area (Å²) in [6.45, 7) is 8.55. The summed E-state index contributed by atoms with van der Waals surface area (Å²) >= 11 is 0. The molecular formula is C44H34O. The summed E-state index contributed by atoms with van der Waals surface area (Å²) in [6, 6.07) is 12.0. The largest absolute Gasteiger partial charge is 0.456 e. The average Bonchev–Trinajstić information content (AvgIpc) is 3.60. The summed E-state index contributed by atoms with van der Waals surface area (Å²) in [5.74, 6) is 0. The minimum absolute atomic E-state index is 0.124. The molecule has 0 atom stereocenters. The fraction of sp³-hybridized carbons (Fsp3) is 0.0909. The lowest BCUT2D eigenvalue weighted by Crippen LogP contribution is -2.30. The molecule has 0 radical (unpaired) electrons. The van der Waals surface area contributed by atoms with Crippen molar-refractivity contribution in [2.45, 2.75) is 25.7 Å². The van der Waals surface area contributed by atoms with Crippen molar-refractivity contribution in [2.24, 2.45) is 0 Å². The number of hydrogen-bond donors (Lipinski definition) is 0. The Hall–Kier alpha value is -5.40. The predicted molar refractivity (Wildman–Crippen MR) is 192 cm³/mol. The van der Waals surface area contributed by atoms with Crippen molar-refractivity contribution in [3.05, 3.63) is 178 Å². The molecule has 1 heterocycles. The lowest BCUT2D eigenvalue weighted by molar-refractivity contribution is 0.567. The summed E-state index contributed by atoms with van der Waals surface area (Å²) in [5.41, 5.74) is 7.52. The van der Waals surface area contributed by atoms with E-state index in [1.165, 1.54) is 0 Å². The number of hydrogen-bond acceptors (Lipinski definition) is 1. The van der Waals surface area contributed by atoms with Crippen molar-refractivity contribution in [3.63, 3.8) is 0 Å². The SMILES string of the molecule is [2H]c1c([2H])c([2H])c(C2=C(c3c(C=C)c(C=C)c(C4=c5c(oc6ccccc56)=C(c5c([2H])c([2H])c([2H])c([2H])c5[2H])CC4)c4ccccc34)CCC=C2)c([2H])c1[2H]. The zero-order valence-corrected chi connectivity index (χ0v) is 24.6. The molecule has 45 heavy (non-hydrogen) atoms. The maximum Gasteiger partial charge on any atom is 0.139 e. The molecule has 0 saturated carbocycles. The van der Waals surface area contributed by atoms with Crippen LogP contribution in [0.25, 0.3) is 56.2 Å². The highest BCUT2D eigenvalue weighted by atomic mass is 16.3. The zero-order chi connectivity index (χ0) is 39.0. The van der Waals surface area contributed by atoms with Crippen LogP contribution in [0.3, 0.4) is 0 Å². The third-order valence-corrected chi connectivity index (χ3v) is 8.84. The van der Waals surface area contributed by atoms with Gasteiger partial charge in [0, 0.05) is 16.2 Å². The van der Waals surface area contributed by atoms with Gasteiger partial charge in [-0.05, 0) is 92.6 Å². The van der Waals surface area contributed by atoms with Gasteiger partial charge in [0.05, 0.1) is 13.7 Å². The minimum Gasteiger partial charge on any atom is -0.456 e. The van der Waals surface area contributed by atoms with E-state index in [-0.39, 0.29) is 35.3 Å². The smallest absolute Gasteiger partial charge is 0.139 e. The van der Waals surface area contributed by atoms with Gasteiger partial charge in [0.15, 0.2) is 0 Å². The molecule has 0 saturated heterocycles. The van der Waals surface area contributed by atoms with Crippen molar-refractivity contribution in [3.8, 4) is 0 Å². The molecule has 8 rings (SSSR count). The molecule has 0 unspecified atom stereocenters. The van der Waals surface area contributed by atoms with Crippen molar-refractivity contribution in [2.75, 3.05) is 0 Å². The molecule has 0 amide bonds. The average molecular weight is 589 g/mol. The van der Waals surface area contributed by atoms with E-state index in [1.54, 1.807) is 12.2 Å². The van der Waals surface area contributed by atoms with Crippen LogP contribution >= 0.6 is 0 Å². The molecule has 6 aromatic rings. The molecule has 2 aliphatic carbocycles. The van der Waals surface area contributed by atoms with Crippen LogP contribution in [0.1, 0.15) is 72.8 Å². The molecule has 1 aromatic heterocycles. The van der Waals surface area contributed by atoms with Crippen molar-refractivity contribution in [1.82, 2.24) is 0 Å². The van der Waals surface area contributed by atoms with Gasteiger partial charge in [-0.1, -0.05) is 140 Å². The Kier molecular flexibility index (Phi) is 4.61. The highest BCUT2D eigenvalue weighted by Gasteiger charge is 2.26. The van der Waals surface area contributed by atoms with Gasteiger partial charge in [0.1, 0.15) is 11.0 Å². The Labute approximate surface area is 278 Å². The van der Waals surface area contributed by atoms with Gasteiger partial charge in [-0.3, -0.25) is 0 Å². The first-order chi connectivity index (χ1) is 26.4. The van der Waals surface area contributed by atoms with Gasteiger partial charge in [0.2, 0.25) is 0 Å². The summed E-state index contributed by atoms with van der Waals surface area (Å²) in [4.78, 5) is 0. The molecule has 1 heteroatoms. The van der Waals surface area contributed by atoms with Gasteiger partial charge in [-0.15, -0.1) is 0 Å². The summed E-state index contributed by atoms with van der Waals surface area (Å²) in [6.07, 6.45) is 9.43. The molecular weight excluding hydrogens is 544 g/mol. The number of furan rings is 1. The first kappa shape index (κ1) is 18.4. The Bertz CT molecular complexity index is 2850. The monoisotopic (exact) mass is 588 g/mol. The van der Waals surface area contributed by atoms with Crippen molar-refractivity contribution < 1.29 is 18.1 Å². The van der Waals surface area contributed by atoms with Crippen LogP contribution in [0, 0.1) is 0 Å². The minimum atomic E-state index is -0.454. The van der Waals surface area contributed by atoms with Gasteiger partial charge < -0.3 is 4.42 Å². The Morgan fingerprint density at radius 2 is 1.20 bits per heavy atom. The first-order valence-corrected chi connectivity index (χ1v) is 15.0. The van der Waals surface area contributed by atoms with Crippen LogP contribution in [-0.2, 0) is 0 Å². The maximum absolute atomic E-state index is 8.85. The predicted octanol–water partition coefficient (Wildman–Crippen LogP) is 10.3. The molecule has 0 N–H and O–H groups in total. The molecule has 216 valence electrons. The molecule has 0 fully saturated rings. The van der Waals surface area contributed by atoms with Gasteiger partial charge >= 0.3 is 0 Å². The molecule has 1 nitrogen and oxygen atoms in total. The van der Waals surface area contributed by atoms with E-state index < -0.39 is 36.3 Å². The van der Waals surface area contributed by atoms with Crippen LogP contribution in [0.4, 0.5) is 0 Å². The van der Waals surface area contributed by atoms with E-state index in [1.807, 2.05) is 60.7 Å². The third kappa shape index (κ3) is 4.38. The molecule has 0 spiro atoms. The van der Waals surface area contributed by atoms with Crippen LogP contribution in [-0.4, -0.2) is 0 Å². The second-order valence-corrected chi connectivity index (χ2v) is 11.1. The van der Waals surface area contributed by atoms with E-state index in [4.69, 9.17) is 18.1 Å². The highest BCUT2D eigenvalue weighted by molar-refractivity contribution is 6.11. The van der Waals surface area contributed by atoms with Crippen LogP contribution in [0.5, 0.6) is 0 Å². The fourth-order valence-corrected chi connectivity index (χ4v) is 7.03. The zero-order valence-electron chi connectivity index (χ0n) is 34.6. The second-order valence-electron chi connectivity index (χ2n) is 11.1. The lowest BCUT2D eigenvalue weighted by Gasteiger charge is -2.26. The lowest BCUT2D eigenvalue weighted by atomic mass is 9.77. The van der Waals surface area contributed by atoms with Gasteiger partial charge in [-0.2, -0.15) is 0 Å². The van der Waals surface area contributed by atoms with E-state index in [2.05, 4.69) is 13.2 Å². The van der Waals surface area contributed by atoms with Crippen molar-refractivity contribution in [1.29, 1.82) is 0 Å². The number of allylic oxidation sites excluding steroid dienone is 4. The standard InChI is InChI=1S/C44H34O/c1-3-31-32(4-2)42(37-24-14-13-23-36(37)41(31)35-22-12-11-21-33(35)29-17-7-5-8-18-29)39-28-27-34(30-19-9-6-10-20-30)44-43(39)38-25-15-16-26-40(38)45-44/h3-11,13-21,23-26H,1-2,12,22,27-28H2/i5D,6D,7D,8D,9D,10D,17D,18D,19D,20D. The van der Waals surface area contributed by atoms with Crippen LogP contribution in [0.15, 0.2) is 139 Å². The van der Waals surface area contributed by atoms with Crippen molar-refractivity contribution >= 4 is 56.2 Å². The Balaban J connectivity index is 1.54. The van der Waals surface area contributed by atoms with E-state index in [9.17, 15) is 0 Å². The fourth-order valence-electron chi connectivity index (χ4n) is 7.03. The normalized spacial score (nSPS) is 17.8. The molecule has 0 aliphatic heterocycles. The second kappa shape index (κ2) is 11.3. The molecule has 5 aromatic carbocycles. The number of rotatable bonds is 6. The Morgan fingerprint density at radius 1 is 0.622 bits per heavy atom. The van der Waals surface area contributed by atoms with Gasteiger partial charge in [0.25, 0.3) is 0 Å². The molecule has 0 bridgehead atoms. The third-order valence-electron chi connectivity index (χ3n) is 8.84. The Morgan fingerprint density at radius 3 is 1.87 bits per heavy atom. The number of benzene rings is 5. The van der Waals surface area contributed by atoms with Crippen LogP contribution < -0.4 is 10.6 Å². The topological polar surface area (TPSA) is 13.1 Å². The van der Waals surface area contributed by atoms with E-state index in [0.29, 0.717) is 47.8 Å². The van der Waals surface area contributed by atoms with E-state index in [0.717, 1.165) is 54.8 Å². The van der Waals surface area contributed by atoms with Gasteiger partial charge in [-0.25, -0.2) is 0 Å². The maximum atomic E-state index is 8.85.